The van der Waals surface area contributed by atoms with Crippen LogP contribution in [0.2, 0.25) is 0 Å². The summed E-state index contributed by atoms with van der Waals surface area (Å²) in [7, 11) is -2.23. The van der Waals surface area contributed by atoms with Gasteiger partial charge in [-0.05, 0) is 38.1 Å². The van der Waals surface area contributed by atoms with Crippen LogP contribution in [0, 0.1) is 6.92 Å². The first-order valence-corrected chi connectivity index (χ1v) is 10.6. The molecule has 2 rings (SSSR count). The first kappa shape index (κ1) is 21.6. The Morgan fingerprint density at radius 2 is 1.79 bits per heavy atom. The van der Waals surface area contributed by atoms with Crippen molar-refractivity contribution in [2.75, 3.05) is 30.8 Å². The van der Waals surface area contributed by atoms with Gasteiger partial charge in [-0.15, -0.1) is 0 Å². The van der Waals surface area contributed by atoms with Gasteiger partial charge < -0.3 is 14.8 Å². The minimum atomic E-state index is -3.68. The molecule has 2 aromatic rings. The van der Waals surface area contributed by atoms with Crippen molar-refractivity contribution in [1.29, 1.82) is 0 Å². The number of hydrogen-bond acceptors (Lipinski definition) is 5. The van der Waals surface area contributed by atoms with Gasteiger partial charge in [-0.25, -0.2) is 8.42 Å². The summed E-state index contributed by atoms with van der Waals surface area (Å²) in [6.07, 6.45) is 1.05. The number of hydrogen-bond donors (Lipinski definition) is 1. The smallest absolute Gasteiger partial charge is 0.241 e. The molecule has 2 aromatic carbocycles. The number of sulfonamides is 1. The predicted octanol–water partition coefficient (Wildman–Crippen LogP) is 2.35. The standard InChI is InChI=1S/C20H26N2O5S/c1-15-9-11-17(12-10-15)27-14-16(2)21-20(23)13-22(28(4,24)25)18-7-5-6-8-19(18)26-3/h5-12,16H,13-14H2,1-4H3,(H,21,23). The van der Waals surface area contributed by atoms with E-state index in [1.807, 2.05) is 31.2 Å². The van der Waals surface area contributed by atoms with Crippen molar-refractivity contribution in [1.82, 2.24) is 5.32 Å². The highest BCUT2D eigenvalue weighted by atomic mass is 32.2. The zero-order chi connectivity index (χ0) is 20.7. The Balaban J connectivity index is 2.00. The summed E-state index contributed by atoms with van der Waals surface area (Å²) in [6.45, 7) is 3.69. The maximum absolute atomic E-state index is 12.4. The molecular formula is C20H26N2O5S. The van der Waals surface area contributed by atoms with Gasteiger partial charge in [0.1, 0.15) is 24.7 Å². The number of anilines is 1. The molecule has 0 aliphatic heterocycles. The molecular weight excluding hydrogens is 380 g/mol. The molecule has 0 bridgehead atoms. The first-order chi connectivity index (χ1) is 13.2. The molecule has 0 radical (unpaired) electrons. The third-order valence-electron chi connectivity index (χ3n) is 3.97. The van der Waals surface area contributed by atoms with Crippen molar-refractivity contribution >= 4 is 21.6 Å². The number of methoxy groups -OCH3 is 1. The summed E-state index contributed by atoms with van der Waals surface area (Å²) >= 11 is 0. The minimum absolute atomic E-state index is 0.266. The fourth-order valence-electron chi connectivity index (χ4n) is 2.57. The number of nitrogens with zero attached hydrogens (tertiary/aromatic N) is 1. The van der Waals surface area contributed by atoms with Crippen molar-refractivity contribution in [2.24, 2.45) is 0 Å². The molecule has 1 atom stereocenters. The molecule has 8 heteroatoms. The lowest BCUT2D eigenvalue weighted by Crippen LogP contribution is -2.45. The maximum atomic E-state index is 12.4. The predicted molar refractivity (Wildman–Crippen MR) is 109 cm³/mol. The maximum Gasteiger partial charge on any atom is 0.241 e. The van der Waals surface area contributed by atoms with Crippen molar-refractivity contribution in [3.8, 4) is 11.5 Å². The van der Waals surface area contributed by atoms with Gasteiger partial charge in [-0.3, -0.25) is 9.10 Å². The largest absolute Gasteiger partial charge is 0.495 e. The summed E-state index contributed by atoms with van der Waals surface area (Å²) in [4.78, 5) is 12.4. The van der Waals surface area contributed by atoms with E-state index in [0.29, 0.717) is 17.2 Å². The van der Waals surface area contributed by atoms with Gasteiger partial charge in [-0.2, -0.15) is 0 Å². The average Bonchev–Trinajstić information content (AvgIpc) is 2.65. The van der Waals surface area contributed by atoms with Gasteiger partial charge in [0.15, 0.2) is 0 Å². The normalized spacial score (nSPS) is 12.1. The Bertz CT molecular complexity index is 897. The van der Waals surface area contributed by atoms with E-state index in [-0.39, 0.29) is 19.2 Å². The molecule has 0 spiro atoms. The number of para-hydroxylation sites is 2. The Kier molecular flexibility index (Phi) is 7.28. The van der Waals surface area contributed by atoms with Crippen LogP contribution in [-0.2, 0) is 14.8 Å². The molecule has 0 fully saturated rings. The van der Waals surface area contributed by atoms with E-state index in [2.05, 4.69) is 5.32 Å². The van der Waals surface area contributed by atoms with Crippen LogP contribution in [0.1, 0.15) is 12.5 Å². The van der Waals surface area contributed by atoms with Crippen LogP contribution in [0.15, 0.2) is 48.5 Å². The molecule has 0 saturated heterocycles. The first-order valence-electron chi connectivity index (χ1n) is 8.80. The summed E-state index contributed by atoms with van der Waals surface area (Å²) in [6, 6.07) is 14.0. The van der Waals surface area contributed by atoms with E-state index >= 15 is 0 Å². The van der Waals surface area contributed by atoms with Gasteiger partial charge >= 0.3 is 0 Å². The van der Waals surface area contributed by atoms with Gasteiger partial charge in [0.25, 0.3) is 0 Å². The highest BCUT2D eigenvalue weighted by Gasteiger charge is 2.24. The average molecular weight is 407 g/mol. The van der Waals surface area contributed by atoms with E-state index in [9.17, 15) is 13.2 Å². The number of carbonyl (C=O) groups is 1. The molecule has 0 heterocycles. The van der Waals surface area contributed by atoms with Crippen LogP contribution in [0.25, 0.3) is 0 Å². The van der Waals surface area contributed by atoms with Crippen LogP contribution >= 0.6 is 0 Å². The lowest BCUT2D eigenvalue weighted by atomic mass is 10.2. The molecule has 0 aliphatic rings. The van der Waals surface area contributed by atoms with Crippen LogP contribution in [0.5, 0.6) is 11.5 Å². The van der Waals surface area contributed by atoms with Crippen molar-refractivity contribution < 1.29 is 22.7 Å². The monoisotopic (exact) mass is 406 g/mol. The number of aryl methyl sites for hydroxylation is 1. The molecule has 7 nitrogen and oxygen atoms in total. The van der Waals surface area contributed by atoms with Gasteiger partial charge in [0.2, 0.25) is 15.9 Å². The second kappa shape index (κ2) is 9.45. The fourth-order valence-corrected chi connectivity index (χ4v) is 3.43. The van der Waals surface area contributed by atoms with Crippen LogP contribution in [0.4, 0.5) is 5.69 Å². The third-order valence-corrected chi connectivity index (χ3v) is 5.10. The quantitative estimate of drug-likeness (QED) is 0.691. The van der Waals surface area contributed by atoms with Crippen molar-refractivity contribution in [3.63, 3.8) is 0 Å². The van der Waals surface area contributed by atoms with E-state index in [1.54, 1.807) is 31.2 Å². The lowest BCUT2D eigenvalue weighted by Gasteiger charge is -2.24. The molecule has 0 aromatic heterocycles. The topological polar surface area (TPSA) is 84.9 Å². The summed E-state index contributed by atoms with van der Waals surface area (Å²) in [5.41, 5.74) is 1.44. The van der Waals surface area contributed by atoms with E-state index in [0.717, 1.165) is 16.1 Å². The highest BCUT2D eigenvalue weighted by Crippen LogP contribution is 2.29. The Labute approximate surface area is 166 Å². The third kappa shape index (κ3) is 6.16. The number of ether oxygens (including phenoxy) is 2. The second-order valence-electron chi connectivity index (χ2n) is 6.53. The molecule has 0 saturated carbocycles. The zero-order valence-corrected chi connectivity index (χ0v) is 17.3. The number of rotatable bonds is 9. The number of carbonyl (C=O) groups excluding carboxylic acids is 1. The van der Waals surface area contributed by atoms with E-state index < -0.39 is 15.9 Å². The van der Waals surface area contributed by atoms with E-state index in [1.165, 1.54) is 7.11 Å². The summed E-state index contributed by atoms with van der Waals surface area (Å²) in [5.74, 6) is 0.645. The number of amides is 1. The molecule has 152 valence electrons. The SMILES string of the molecule is COc1ccccc1N(CC(=O)NC(C)COc1ccc(C)cc1)S(C)(=O)=O. The molecule has 28 heavy (non-hydrogen) atoms. The fraction of sp³-hybridized carbons (Fsp3) is 0.350. The van der Waals surface area contributed by atoms with E-state index in [4.69, 9.17) is 9.47 Å². The van der Waals surface area contributed by atoms with Gasteiger partial charge in [0.05, 0.1) is 25.1 Å². The van der Waals surface area contributed by atoms with Gasteiger partial charge in [0, 0.05) is 0 Å². The summed E-state index contributed by atoms with van der Waals surface area (Å²) in [5, 5.41) is 2.76. The van der Waals surface area contributed by atoms with Crippen LogP contribution < -0.4 is 19.1 Å². The minimum Gasteiger partial charge on any atom is -0.495 e. The second-order valence-corrected chi connectivity index (χ2v) is 8.44. The zero-order valence-electron chi connectivity index (χ0n) is 16.5. The lowest BCUT2D eigenvalue weighted by molar-refractivity contribution is -0.120. The van der Waals surface area contributed by atoms with Gasteiger partial charge in [-0.1, -0.05) is 29.8 Å². The molecule has 1 N–H and O–H groups in total. The Morgan fingerprint density at radius 3 is 2.39 bits per heavy atom. The van der Waals surface area contributed by atoms with Crippen LogP contribution in [0.3, 0.4) is 0 Å². The molecule has 1 amide bonds. The highest BCUT2D eigenvalue weighted by molar-refractivity contribution is 7.92. The molecule has 0 aliphatic carbocycles. The summed E-state index contributed by atoms with van der Waals surface area (Å²) < 4.78 is 36.3. The van der Waals surface area contributed by atoms with Crippen molar-refractivity contribution in [2.45, 2.75) is 19.9 Å². The Hall–Kier alpha value is -2.74. The van der Waals surface area contributed by atoms with Crippen LogP contribution in [-0.4, -0.2) is 46.9 Å². The molecule has 1 unspecified atom stereocenters. The Morgan fingerprint density at radius 1 is 1.14 bits per heavy atom. The number of benzene rings is 2. The number of nitrogens with one attached hydrogen (secondary N) is 1. The van der Waals surface area contributed by atoms with Crippen molar-refractivity contribution in [3.05, 3.63) is 54.1 Å².